The van der Waals surface area contributed by atoms with Gasteiger partial charge in [0.1, 0.15) is 5.75 Å². The number of aromatic hydroxyl groups is 1. The number of rotatable bonds is 0. The van der Waals surface area contributed by atoms with Crippen LogP contribution in [-0.2, 0) is 0 Å². The Labute approximate surface area is 78.6 Å². The largest absolute Gasteiger partial charge is 0.508 e. The molecule has 0 saturated heterocycles. The van der Waals surface area contributed by atoms with Crippen molar-refractivity contribution in [2.75, 3.05) is 5.32 Å². The van der Waals surface area contributed by atoms with E-state index < -0.39 is 0 Å². The van der Waals surface area contributed by atoms with Crippen LogP contribution in [0.3, 0.4) is 0 Å². The van der Waals surface area contributed by atoms with E-state index in [4.69, 9.17) is 0 Å². The number of phenols is 1. The van der Waals surface area contributed by atoms with Gasteiger partial charge in [0.2, 0.25) is 0 Å². The van der Waals surface area contributed by atoms with E-state index in [0.717, 1.165) is 5.69 Å². The normalized spacial score (nSPS) is 23.8. The molecule has 0 amide bonds. The molecule has 0 bridgehead atoms. The molecule has 70 valence electrons. The predicted octanol–water partition coefficient (Wildman–Crippen LogP) is 2.70. The van der Waals surface area contributed by atoms with Crippen LogP contribution < -0.4 is 5.32 Å². The molecule has 1 aromatic rings. The van der Waals surface area contributed by atoms with Crippen LogP contribution in [0.5, 0.6) is 5.75 Å². The van der Waals surface area contributed by atoms with Gasteiger partial charge in [0.25, 0.3) is 0 Å². The van der Waals surface area contributed by atoms with Gasteiger partial charge in [-0.15, -0.1) is 0 Å². The lowest BCUT2D eigenvalue weighted by Gasteiger charge is -2.24. The summed E-state index contributed by atoms with van der Waals surface area (Å²) < 4.78 is 0. The molecule has 2 heteroatoms. The summed E-state index contributed by atoms with van der Waals surface area (Å²) in [6, 6.07) is 5.54. The van der Waals surface area contributed by atoms with Crippen molar-refractivity contribution in [2.24, 2.45) is 0 Å². The van der Waals surface area contributed by atoms with Gasteiger partial charge in [-0.3, -0.25) is 0 Å². The molecule has 1 aliphatic rings. The number of nitrogens with one attached hydrogen (secondary N) is 1. The molecule has 0 spiro atoms. The molecule has 1 aromatic carbocycles. The summed E-state index contributed by atoms with van der Waals surface area (Å²) in [5, 5.41) is 12.7. The molecule has 0 radical (unpaired) electrons. The summed E-state index contributed by atoms with van der Waals surface area (Å²) in [5.41, 5.74) is 2.45. The van der Waals surface area contributed by atoms with Gasteiger partial charge in [-0.05, 0) is 25.5 Å². The first-order valence-corrected chi connectivity index (χ1v) is 4.62. The van der Waals surface area contributed by atoms with Crippen LogP contribution in [0.15, 0.2) is 18.2 Å². The van der Waals surface area contributed by atoms with E-state index in [2.05, 4.69) is 26.1 Å². The van der Waals surface area contributed by atoms with Crippen LogP contribution in [0.1, 0.15) is 32.3 Å². The van der Waals surface area contributed by atoms with E-state index in [0.29, 0.717) is 11.7 Å². The van der Waals surface area contributed by atoms with E-state index >= 15 is 0 Å². The van der Waals surface area contributed by atoms with Crippen LogP contribution in [0.25, 0.3) is 0 Å². The zero-order chi connectivity index (χ0) is 9.64. The summed E-state index contributed by atoms with van der Waals surface area (Å²) in [5.74, 6) is 0.819. The fourth-order valence-electron chi connectivity index (χ4n) is 1.87. The maximum absolute atomic E-state index is 9.31. The molecule has 1 aliphatic heterocycles. The first kappa shape index (κ1) is 8.42. The first-order valence-electron chi connectivity index (χ1n) is 4.62. The Morgan fingerprint density at radius 3 is 2.77 bits per heavy atom. The Morgan fingerprint density at radius 2 is 2.08 bits per heavy atom. The third-order valence-corrected chi connectivity index (χ3v) is 3.04. The van der Waals surface area contributed by atoms with Crippen molar-refractivity contribution in [1.29, 1.82) is 0 Å². The second-order valence-corrected chi connectivity index (χ2v) is 4.34. The summed E-state index contributed by atoms with van der Waals surface area (Å²) in [6.07, 6.45) is 0. The molecule has 1 heterocycles. The Morgan fingerprint density at radius 1 is 1.38 bits per heavy atom. The van der Waals surface area contributed by atoms with Crippen LogP contribution in [0.2, 0.25) is 0 Å². The molecule has 0 fully saturated rings. The molecule has 2 N–H and O–H groups in total. The van der Waals surface area contributed by atoms with E-state index in [-0.39, 0.29) is 5.54 Å². The highest BCUT2D eigenvalue weighted by atomic mass is 16.3. The lowest BCUT2D eigenvalue weighted by atomic mass is 9.88. The van der Waals surface area contributed by atoms with E-state index in [1.54, 1.807) is 12.1 Å². The molecule has 2 rings (SSSR count). The maximum Gasteiger partial charge on any atom is 0.117 e. The Kier molecular flexibility index (Phi) is 1.56. The van der Waals surface area contributed by atoms with Gasteiger partial charge in [0, 0.05) is 23.2 Å². The summed E-state index contributed by atoms with van der Waals surface area (Å²) in [6.45, 7) is 6.55. The molecule has 13 heavy (non-hydrogen) atoms. The van der Waals surface area contributed by atoms with Gasteiger partial charge in [0.15, 0.2) is 0 Å². The monoisotopic (exact) mass is 177 g/mol. The highest BCUT2D eigenvalue weighted by molar-refractivity contribution is 5.63. The average Bonchev–Trinajstić information content (AvgIpc) is 2.22. The van der Waals surface area contributed by atoms with Gasteiger partial charge < -0.3 is 10.4 Å². The number of phenolic OH excluding ortho intramolecular Hbond substituents is 1. The fraction of sp³-hybridized carbons (Fsp3) is 0.455. The van der Waals surface area contributed by atoms with E-state index in [9.17, 15) is 5.11 Å². The lowest BCUT2D eigenvalue weighted by Crippen LogP contribution is -2.30. The number of hydrogen-bond acceptors (Lipinski definition) is 2. The lowest BCUT2D eigenvalue weighted by molar-refractivity contribution is 0.475. The van der Waals surface area contributed by atoms with Crippen molar-refractivity contribution >= 4 is 5.69 Å². The quantitative estimate of drug-likeness (QED) is 0.638. The SMILES string of the molecule is CC1c2ccc(O)cc2NC1(C)C. The van der Waals surface area contributed by atoms with Crippen molar-refractivity contribution in [3.05, 3.63) is 23.8 Å². The number of anilines is 1. The van der Waals surface area contributed by atoms with Crippen LogP contribution in [0.4, 0.5) is 5.69 Å². The molecule has 0 aliphatic carbocycles. The predicted molar refractivity (Wildman–Crippen MR) is 54.2 cm³/mol. The second kappa shape index (κ2) is 2.41. The van der Waals surface area contributed by atoms with Crippen molar-refractivity contribution in [2.45, 2.75) is 32.2 Å². The molecule has 0 saturated carbocycles. The molecular weight excluding hydrogens is 162 g/mol. The molecule has 1 unspecified atom stereocenters. The fourth-order valence-corrected chi connectivity index (χ4v) is 1.87. The zero-order valence-corrected chi connectivity index (χ0v) is 8.26. The maximum atomic E-state index is 9.31. The van der Waals surface area contributed by atoms with Gasteiger partial charge in [-0.2, -0.15) is 0 Å². The van der Waals surface area contributed by atoms with Crippen molar-refractivity contribution < 1.29 is 5.11 Å². The van der Waals surface area contributed by atoms with Crippen molar-refractivity contribution in [1.82, 2.24) is 0 Å². The van der Waals surface area contributed by atoms with E-state index in [1.165, 1.54) is 5.56 Å². The highest BCUT2D eigenvalue weighted by Crippen LogP contribution is 2.43. The number of hydrogen-bond donors (Lipinski definition) is 2. The first-order chi connectivity index (χ1) is 6.00. The summed E-state index contributed by atoms with van der Waals surface area (Å²) in [4.78, 5) is 0. The van der Waals surface area contributed by atoms with Crippen LogP contribution in [0, 0.1) is 0 Å². The smallest absolute Gasteiger partial charge is 0.117 e. The Bertz CT molecular complexity index is 344. The minimum atomic E-state index is 0.0934. The minimum absolute atomic E-state index is 0.0934. The average molecular weight is 177 g/mol. The van der Waals surface area contributed by atoms with Gasteiger partial charge in [0.05, 0.1) is 0 Å². The number of benzene rings is 1. The second-order valence-electron chi connectivity index (χ2n) is 4.34. The van der Waals surface area contributed by atoms with Gasteiger partial charge in [-0.1, -0.05) is 13.0 Å². The van der Waals surface area contributed by atoms with Gasteiger partial charge in [-0.25, -0.2) is 0 Å². The van der Waals surface area contributed by atoms with Crippen LogP contribution >= 0.6 is 0 Å². The van der Waals surface area contributed by atoms with Crippen LogP contribution in [-0.4, -0.2) is 10.6 Å². The molecule has 1 atom stereocenters. The summed E-state index contributed by atoms with van der Waals surface area (Å²) >= 11 is 0. The molecular formula is C11H15NO. The van der Waals surface area contributed by atoms with Crippen molar-refractivity contribution in [3.8, 4) is 5.75 Å². The Balaban J connectivity index is 2.50. The molecule has 0 aromatic heterocycles. The summed E-state index contributed by atoms with van der Waals surface area (Å²) in [7, 11) is 0. The highest BCUT2D eigenvalue weighted by Gasteiger charge is 2.35. The van der Waals surface area contributed by atoms with Gasteiger partial charge >= 0.3 is 0 Å². The van der Waals surface area contributed by atoms with Crippen molar-refractivity contribution in [3.63, 3.8) is 0 Å². The standard InChI is InChI=1S/C11H15NO/c1-7-9-5-4-8(13)6-10(9)12-11(7,2)3/h4-7,12-13H,1-3H3. The minimum Gasteiger partial charge on any atom is -0.508 e. The third kappa shape index (κ3) is 1.17. The molecule has 2 nitrogen and oxygen atoms in total. The number of fused-ring (bicyclic) bond motifs is 1. The zero-order valence-electron chi connectivity index (χ0n) is 8.26. The van der Waals surface area contributed by atoms with E-state index in [1.807, 2.05) is 6.07 Å². The Hall–Kier alpha value is -1.18. The third-order valence-electron chi connectivity index (χ3n) is 3.04. The topological polar surface area (TPSA) is 32.3 Å².